The fourth-order valence-corrected chi connectivity index (χ4v) is 2.04. The maximum absolute atomic E-state index is 3.54. The average Bonchev–Trinajstić information content (AvgIpc) is 2.14. The monoisotopic (exact) mass is 184 g/mol. The molecule has 1 heterocycles. The van der Waals surface area contributed by atoms with Crippen molar-refractivity contribution in [1.29, 1.82) is 0 Å². The normalized spacial score (nSPS) is 32.1. The van der Waals surface area contributed by atoms with Gasteiger partial charge < -0.3 is 5.32 Å². The summed E-state index contributed by atoms with van der Waals surface area (Å²) in [6.45, 7) is 12.9. The molecule has 0 aromatic rings. The number of nitrogens with one attached hydrogen (secondary N) is 1. The first-order valence-corrected chi connectivity index (χ1v) is 5.57. The second-order valence-electron chi connectivity index (χ2n) is 4.84. The molecule has 2 unspecified atom stereocenters. The molecule has 0 aromatic heterocycles. The van der Waals surface area contributed by atoms with E-state index < -0.39 is 0 Å². The zero-order valence-electron chi connectivity index (χ0n) is 9.51. The third-order valence-electron chi connectivity index (χ3n) is 2.79. The number of rotatable bonds is 2. The van der Waals surface area contributed by atoms with Crippen LogP contribution in [0.1, 0.15) is 34.1 Å². The first-order chi connectivity index (χ1) is 6.09. The van der Waals surface area contributed by atoms with Crippen LogP contribution in [-0.4, -0.2) is 36.6 Å². The van der Waals surface area contributed by atoms with E-state index in [1.54, 1.807) is 0 Å². The second kappa shape index (κ2) is 4.97. The lowest BCUT2D eigenvalue weighted by molar-refractivity contribution is 0.185. The molecule has 2 atom stereocenters. The molecule has 0 amide bonds. The van der Waals surface area contributed by atoms with Crippen molar-refractivity contribution < 1.29 is 0 Å². The summed E-state index contributed by atoms with van der Waals surface area (Å²) in [5, 5.41) is 3.54. The standard InChI is InChI=1S/C11H24N2/c1-9(2)7-13-8-10(3)12-6-5-11(13)4/h9-12H,5-8H2,1-4H3. The topological polar surface area (TPSA) is 15.3 Å². The van der Waals surface area contributed by atoms with Crippen molar-refractivity contribution in [3.05, 3.63) is 0 Å². The van der Waals surface area contributed by atoms with Gasteiger partial charge in [-0.3, -0.25) is 4.90 Å². The van der Waals surface area contributed by atoms with E-state index >= 15 is 0 Å². The highest BCUT2D eigenvalue weighted by molar-refractivity contribution is 4.78. The van der Waals surface area contributed by atoms with Crippen LogP contribution in [0, 0.1) is 5.92 Å². The Morgan fingerprint density at radius 3 is 2.69 bits per heavy atom. The van der Waals surface area contributed by atoms with E-state index in [1.807, 2.05) is 0 Å². The van der Waals surface area contributed by atoms with Crippen molar-refractivity contribution >= 4 is 0 Å². The summed E-state index contributed by atoms with van der Waals surface area (Å²) >= 11 is 0. The molecular weight excluding hydrogens is 160 g/mol. The number of nitrogens with zero attached hydrogens (tertiary/aromatic N) is 1. The molecule has 0 radical (unpaired) electrons. The molecule has 1 rings (SSSR count). The van der Waals surface area contributed by atoms with Gasteiger partial charge in [-0.1, -0.05) is 13.8 Å². The highest BCUT2D eigenvalue weighted by Crippen LogP contribution is 2.11. The minimum Gasteiger partial charge on any atom is -0.313 e. The molecule has 1 fully saturated rings. The summed E-state index contributed by atoms with van der Waals surface area (Å²) in [4.78, 5) is 2.62. The van der Waals surface area contributed by atoms with Gasteiger partial charge in [-0.15, -0.1) is 0 Å². The van der Waals surface area contributed by atoms with Crippen LogP contribution in [0.25, 0.3) is 0 Å². The molecule has 0 aromatic carbocycles. The van der Waals surface area contributed by atoms with Crippen molar-refractivity contribution in [2.45, 2.75) is 46.2 Å². The van der Waals surface area contributed by atoms with Crippen LogP contribution >= 0.6 is 0 Å². The Morgan fingerprint density at radius 2 is 2.08 bits per heavy atom. The van der Waals surface area contributed by atoms with Gasteiger partial charge >= 0.3 is 0 Å². The molecule has 0 saturated carbocycles. The fourth-order valence-electron chi connectivity index (χ4n) is 2.04. The van der Waals surface area contributed by atoms with E-state index in [-0.39, 0.29) is 0 Å². The quantitative estimate of drug-likeness (QED) is 0.703. The van der Waals surface area contributed by atoms with Gasteiger partial charge in [-0.25, -0.2) is 0 Å². The average molecular weight is 184 g/mol. The first kappa shape index (κ1) is 11.0. The number of hydrogen-bond acceptors (Lipinski definition) is 2. The lowest BCUT2D eigenvalue weighted by Gasteiger charge is -2.29. The van der Waals surface area contributed by atoms with Gasteiger partial charge in [-0.05, 0) is 32.7 Å². The van der Waals surface area contributed by atoms with Crippen LogP contribution in [0.2, 0.25) is 0 Å². The molecule has 2 nitrogen and oxygen atoms in total. The van der Waals surface area contributed by atoms with Gasteiger partial charge in [0.2, 0.25) is 0 Å². The van der Waals surface area contributed by atoms with Crippen molar-refractivity contribution in [2.24, 2.45) is 5.92 Å². The first-order valence-electron chi connectivity index (χ1n) is 5.57. The fraction of sp³-hybridized carbons (Fsp3) is 1.00. The molecular formula is C11H24N2. The molecule has 0 aliphatic carbocycles. The summed E-state index contributed by atoms with van der Waals surface area (Å²) in [6, 6.07) is 1.41. The third-order valence-corrected chi connectivity index (χ3v) is 2.79. The maximum Gasteiger partial charge on any atom is 0.0166 e. The van der Waals surface area contributed by atoms with E-state index in [4.69, 9.17) is 0 Å². The summed E-state index contributed by atoms with van der Waals surface area (Å²) in [5.74, 6) is 0.785. The van der Waals surface area contributed by atoms with E-state index in [9.17, 15) is 0 Å². The predicted molar refractivity (Wildman–Crippen MR) is 58.0 cm³/mol. The van der Waals surface area contributed by atoms with Gasteiger partial charge in [0.25, 0.3) is 0 Å². The SMILES string of the molecule is CC(C)CN1CC(C)NCCC1C. The van der Waals surface area contributed by atoms with Crippen LogP contribution in [0.3, 0.4) is 0 Å². The smallest absolute Gasteiger partial charge is 0.0166 e. The van der Waals surface area contributed by atoms with E-state index in [1.165, 1.54) is 26.1 Å². The predicted octanol–water partition coefficient (Wildman–Crippen LogP) is 1.71. The molecule has 0 bridgehead atoms. The molecule has 2 heteroatoms. The van der Waals surface area contributed by atoms with Crippen molar-refractivity contribution in [3.8, 4) is 0 Å². The number of hydrogen-bond donors (Lipinski definition) is 1. The van der Waals surface area contributed by atoms with E-state index in [0.717, 1.165) is 12.0 Å². The van der Waals surface area contributed by atoms with Gasteiger partial charge in [0.15, 0.2) is 0 Å². The Labute approximate surface area is 82.7 Å². The highest BCUT2D eigenvalue weighted by Gasteiger charge is 2.20. The molecule has 1 aliphatic rings. The minimum absolute atomic E-state index is 0.656. The molecule has 78 valence electrons. The van der Waals surface area contributed by atoms with Crippen LogP contribution in [-0.2, 0) is 0 Å². The lowest BCUT2D eigenvalue weighted by atomic mass is 10.1. The summed E-state index contributed by atoms with van der Waals surface area (Å²) < 4.78 is 0. The Bertz CT molecular complexity index is 145. The minimum atomic E-state index is 0.656. The lowest BCUT2D eigenvalue weighted by Crippen LogP contribution is -2.40. The maximum atomic E-state index is 3.54. The van der Waals surface area contributed by atoms with E-state index in [2.05, 4.69) is 37.9 Å². The highest BCUT2D eigenvalue weighted by atomic mass is 15.2. The van der Waals surface area contributed by atoms with E-state index in [0.29, 0.717) is 6.04 Å². The van der Waals surface area contributed by atoms with Crippen LogP contribution < -0.4 is 5.32 Å². The van der Waals surface area contributed by atoms with Gasteiger partial charge in [-0.2, -0.15) is 0 Å². The van der Waals surface area contributed by atoms with Gasteiger partial charge in [0, 0.05) is 25.2 Å². The summed E-state index contributed by atoms with van der Waals surface area (Å²) in [5.41, 5.74) is 0. The van der Waals surface area contributed by atoms with Crippen LogP contribution in [0.4, 0.5) is 0 Å². The van der Waals surface area contributed by atoms with Crippen molar-refractivity contribution in [2.75, 3.05) is 19.6 Å². The zero-order valence-corrected chi connectivity index (χ0v) is 9.51. The molecule has 1 saturated heterocycles. The van der Waals surface area contributed by atoms with Crippen LogP contribution in [0.5, 0.6) is 0 Å². The largest absolute Gasteiger partial charge is 0.313 e. The zero-order chi connectivity index (χ0) is 9.84. The Morgan fingerprint density at radius 1 is 1.38 bits per heavy atom. The molecule has 1 aliphatic heterocycles. The molecule has 1 N–H and O–H groups in total. The van der Waals surface area contributed by atoms with Crippen molar-refractivity contribution in [3.63, 3.8) is 0 Å². The Kier molecular flexibility index (Phi) is 4.20. The Hall–Kier alpha value is -0.0800. The van der Waals surface area contributed by atoms with Gasteiger partial charge in [0.1, 0.15) is 0 Å². The van der Waals surface area contributed by atoms with Crippen molar-refractivity contribution in [1.82, 2.24) is 10.2 Å². The second-order valence-corrected chi connectivity index (χ2v) is 4.84. The van der Waals surface area contributed by atoms with Gasteiger partial charge in [0.05, 0.1) is 0 Å². The van der Waals surface area contributed by atoms with Crippen LogP contribution in [0.15, 0.2) is 0 Å². The third kappa shape index (κ3) is 3.65. The Balaban J connectivity index is 2.46. The molecule has 0 spiro atoms. The summed E-state index contributed by atoms with van der Waals surface area (Å²) in [6.07, 6.45) is 1.29. The molecule has 13 heavy (non-hydrogen) atoms. The summed E-state index contributed by atoms with van der Waals surface area (Å²) in [7, 11) is 0.